The van der Waals surface area contributed by atoms with Gasteiger partial charge in [0.25, 0.3) is 5.79 Å². The van der Waals surface area contributed by atoms with Gasteiger partial charge >= 0.3 is 5.97 Å². The van der Waals surface area contributed by atoms with E-state index in [9.17, 15) is 4.79 Å². The predicted molar refractivity (Wildman–Crippen MR) is 133 cm³/mol. The minimum Gasteiger partial charge on any atom is -0.492 e. The number of carbonyl (C=O) groups excluding carboxylic acids is 1. The second-order valence-electron chi connectivity index (χ2n) is 8.41. The van der Waals surface area contributed by atoms with Crippen LogP contribution in [0.5, 0.6) is 5.75 Å². The lowest BCUT2D eigenvalue weighted by molar-refractivity contribution is -0.264. The summed E-state index contributed by atoms with van der Waals surface area (Å²) in [4.78, 5) is 13.1. The van der Waals surface area contributed by atoms with Gasteiger partial charge in [-0.2, -0.15) is 0 Å². The van der Waals surface area contributed by atoms with Gasteiger partial charge in [0.2, 0.25) is 0 Å². The van der Waals surface area contributed by atoms with Gasteiger partial charge in [-0.05, 0) is 60.7 Å². The number of esters is 1. The standard InChI is InChI=1S/C27H31NO5S/c1-19-5-14-25(21-8-12-24(34-4)13-9-21)28(19)15-16-31-23-10-6-20(7-11-23)22-17-32-27(2,33-18-22)26(29)30-3/h5-14,22H,15-18H2,1-4H3. The minimum absolute atomic E-state index is 0.0503. The summed E-state index contributed by atoms with van der Waals surface area (Å²) in [6, 6.07) is 20.9. The first-order valence-corrected chi connectivity index (χ1v) is 12.6. The Hall–Kier alpha value is -2.74. The predicted octanol–water partition coefficient (Wildman–Crippen LogP) is 5.28. The van der Waals surface area contributed by atoms with Crippen molar-refractivity contribution in [2.45, 2.75) is 37.0 Å². The molecule has 1 saturated heterocycles. The highest BCUT2D eigenvalue weighted by atomic mass is 32.2. The van der Waals surface area contributed by atoms with Gasteiger partial charge in [0.1, 0.15) is 12.4 Å². The van der Waals surface area contributed by atoms with Gasteiger partial charge in [0, 0.05) is 29.1 Å². The Morgan fingerprint density at radius 2 is 1.74 bits per heavy atom. The average molecular weight is 482 g/mol. The van der Waals surface area contributed by atoms with Crippen molar-refractivity contribution in [3.8, 4) is 17.0 Å². The summed E-state index contributed by atoms with van der Waals surface area (Å²) in [5, 5.41) is 0. The van der Waals surface area contributed by atoms with Crippen LogP contribution in [0.2, 0.25) is 0 Å². The zero-order valence-corrected chi connectivity index (χ0v) is 20.9. The van der Waals surface area contributed by atoms with Crippen LogP contribution in [-0.4, -0.2) is 49.5 Å². The van der Waals surface area contributed by atoms with Crippen molar-refractivity contribution in [2.75, 3.05) is 33.2 Å². The van der Waals surface area contributed by atoms with Crippen LogP contribution in [-0.2, 0) is 25.5 Å². The third kappa shape index (κ3) is 5.32. The molecule has 0 amide bonds. The summed E-state index contributed by atoms with van der Waals surface area (Å²) in [5.74, 6) is -0.987. The molecule has 1 aliphatic rings. The molecule has 0 saturated carbocycles. The topological polar surface area (TPSA) is 58.9 Å². The maximum absolute atomic E-state index is 11.8. The van der Waals surface area contributed by atoms with E-state index in [4.69, 9.17) is 18.9 Å². The first-order valence-electron chi connectivity index (χ1n) is 11.3. The fourth-order valence-electron chi connectivity index (χ4n) is 4.08. The third-order valence-electron chi connectivity index (χ3n) is 6.20. The molecule has 0 unspecified atom stereocenters. The van der Waals surface area contributed by atoms with E-state index in [-0.39, 0.29) is 5.92 Å². The van der Waals surface area contributed by atoms with E-state index in [1.165, 1.54) is 29.0 Å². The Bertz CT molecular complexity index is 1100. The second kappa shape index (κ2) is 10.7. The van der Waals surface area contributed by atoms with Crippen molar-refractivity contribution in [3.63, 3.8) is 0 Å². The molecule has 0 atom stereocenters. The van der Waals surface area contributed by atoms with E-state index >= 15 is 0 Å². The molecule has 0 spiro atoms. The van der Waals surface area contributed by atoms with E-state index < -0.39 is 11.8 Å². The van der Waals surface area contributed by atoms with E-state index in [1.54, 1.807) is 18.7 Å². The number of aromatic nitrogens is 1. The molecule has 0 aliphatic carbocycles. The van der Waals surface area contributed by atoms with Gasteiger partial charge in [-0.3, -0.25) is 0 Å². The molecule has 0 N–H and O–H groups in total. The maximum atomic E-state index is 11.8. The smallest absolute Gasteiger partial charge is 0.366 e. The lowest BCUT2D eigenvalue weighted by Gasteiger charge is -2.35. The van der Waals surface area contributed by atoms with Gasteiger partial charge in [-0.15, -0.1) is 11.8 Å². The molecule has 3 aromatic rings. The van der Waals surface area contributed by atoms with Crippen LogP contribution in [0.4, 0.5) is 0 Å². The monoisotopic (exact) mass is 481 g/mol. The summed E-state index contributed by atoms with van der Waals surface area (Å²) in [7, 11) is 1.33. The van der Waals surface area contributed by atoms with Gasteiger partial charge < -0.3 is 23.5 Å². The molecule has 7 heteroatoms. The van der Waals surface area contributed by atoms with Crippen LogP contribution in [0.15, 0.2) is 65.6 Å². The molecule has 6 nitrogen and oxygen atoms in total. The summed E-state index contributed by atoms with van der Waals surface area (Å²) in [5.41, 5.74) is 4.69. The van der Waals surface area contributed by atoms with Crippen molar-refractivity contribution < 1.29 is 23.7 Å². The largest absolute Gasteiger partial charge is 0.492 e. The number of thioether (sulfide) groups is 1. The first-order chi connectivity index (χ1) is 16.4. The Morgan fingerprint density at radius 1 is 1.06 bits per heavy atom. The molecule has 1 aliphatic heterocycles. The Balaban J connectivity index is 1.33. The van der Waals surface area contributed by atoms with Gasteiger partial charge in [0.05, 0.1) is 26.9 Å². The van der Waals surface area contributed by atoms with Crippen LogP contribution in [0.25, 0.3) is 11.3 Å². The van der Waals surface area contributed by atoms with Gasteiger partial charge in [-0.25, -0.2) is 4.79 Å². The minimum atomic E-state index is -1.33. The maximum Gasteiger partial charge on any atom is 0.366 e. The van der Waals surface area contributed by atoms with E-state index in [1.807, 2.05) is 24.3 Å². The van der Waals surface area contributed by atoms with Crippen LogP contribution >= 0.6 is 11.8 Å². The van der Waals surface area contributed by atoms with Crippen LogP contribution < -0.4 is 4.74 Å². The number of nitrogens with zero attached hydrogens (tertiary/aromatic N) is 1. The lowest BCUT2D eigenvalue weighted by atomic mass is 9.99. The van der Waals surface area contributed by atoms with Crippen molar-refractivity contribution in [1.82, 2.24) is 4.57 Å². The highest BCUT2D eigenvalue weighted by Gasteiger charge is 2.41. The zero-order valence-electron chi connectivity index (χ0n) is 20.1. The van der Waals surface area contributed by atoms with Crippen LogP contribution in [0.1, 0.15) is 24.1 Å². The van der Waals surface area contributed by atoms with Gasteiger partial charge in [-0.1, -0.05) is 24.3 Å². The SMILES string of the molecule is COC(=O)C1(C)OCC(c2ccc(OCCn3c(C)ccc3-c3ccc(SC)cc3)cc2)CO1. The summed E-state index contributed by atoms with van der Waals surface area (Å²) in [6.45, 7) is 5.81. The van der Waals surface area contributed by atoms with E-state index in [0.29, 0.717) is 19.8 Å². The zero-order chi connectivity index (χ0) is 24.1. The van der Waals surface area contributed by atoms with Crippen molar-refractivity contribution >= 4 is 17.7 Å². The Morgan fingerprint density at radius 3 is 2.35 bits per heavy atom. The fraction of sp³-hybridized carbons (Fsp3) is 0.370. The number of aryl methyl sites for hydroxylation is 1. The quantitative estimate of drug-likeness (QED) is 0.322. The molecular formula is C27H31NO5S. The number of methoxy groups -OCH3 is 1. The summed E-state index contributed by atoms with van der Waals surface area (Å²) in [6.07, 6.45) is 2.09. The average Bonchev–Trinajstić information content (AvgIpc) is 3.24. The van der Waals surface area contributed by atoms with Crippen molar-refractivity contribution in [2.24, 2.45) is 0 Å². The molecule has 2 heterocycles. The molecule has 180 valence electrons. The molecule has 0 radical (unpaired) electrons. The summed E-state index contributed by atoms with van der Waals surface area (Å²) >= 11 is 1.75. The Kier molecular flexibility index (Phi) is 7.66. The van der Waals surface area contributed by atoms with Crippen molar-refractivity contribution in [1.29, 1.82) is 0 Å². The number of hydrogen-bond acceptors (Lipinski definition) is 6. The lowest BCUT2D eigenvalue weighted by Crippen LogP contribution is -2.47. The molecule has 1 fully saturated rings. The molecule has 34 heavy (non-hydrogen) atoms. The van der Waals surface area contributed by atoms with Crippen LogP contribution in [0, 0.1) is 6.92 Å². The number of carbonyl (C=O) groups is 1. The molecule has 2 aromatic carbocycles. The van der Waals surface area contributed by atoms with Gasteiger partial charge in [0.15, 0.2) is 0 Å². The normalized spacial score (nSPS) is 20.2. The number of hydrogen-bond donors (Lipinski definition) is 0. The highest BCUT2D eigenvalue weighted by molar-refractivity contribution is 7.98. The highest BCUT2D eigenvalue weighted by Crippen LogP contribution is 2.30. The molecule has 1 aromatic heterocycles. The Labute approximate surface area is 205 Å². The first kappa shape index (κ1) is 24.4. The van der Waals surface area contributed by atoms with E-state index in [2.05, 4.69) is 54.1 Å². The number of rotatable bonds is 8. The van der Waals surface area contributed by atoms with Crippen LogP contribution in [0.3, 0.4) is 0 Å². The molecule has 4 rings (SSSR count). The van der Waals surface area contributed by atoms with E-state index in [0.717, 1.165) is 17.9 Å². The molecule has 0 bridgehead atoms. The third-order valence-corrected chi connectivity index (χ3v) is 6.94. The molecular weight excluding hydrogens is 450 g/mol. The fourth-order valence-corrected chi connectivity index (χ4v) is 4.48. The number of benzene rings is 2. The second-order valence-corrected chi connectivity index (χ2v) is 9.29. The summed E-state index contributed by atoms with van der Waals surface area (Å²) < 4.78 is 24.4. The van der Waals surface area contributed by atoms with Crippen molar-refractivity contribution in [3.05, 3.63) is 71.9 Å². The number of ether oxygens (including phenoxy) is 4.